The van der Waals surface area contributed by atoms with Crippen molar-refractivity contribution in [3.63, 3.8) is 0 Å². The second-order valence-electron chi connectivity index (χ2n) is 4.91. The van der Waals surface area contributed by atoms with Gasteiger partial charge in [-0.1, -0.05) is 6.42 Å². The molecule has 1 fully saturated rings. The maximum absolute atomic E-state index is 11.8. The molecule has 1 saturated carbocycles. The van der Waals surface area contributed by atoms with E-state index in [4.69, 9.17) is 0 Å². The number of aryl methyl sites for hydroxylation is 1. The zero-order valence-corrected chi connectivity index (χ0v) is 10.8. The van der Waals surface area contributed by atoms with Gasteiger partial charge in [-0.15, -0.1) is 5.10 Å². The highest BCUT2D eigenvalue weighted by molar-refractivity contribution is 5.76. The quantitative estimate of drug-likeness (QED) is 0.736. The van der Waals surface area contributed by atoms with E-state index in [1.807, 2.05) is 0 Å². The van der Waals surface area contributed by atoms with Gasteiger partial charge in [0.05, 0.1) is 5.41 Å². The highest BCUT2D eigenvalue weighted by Crippen LogP contribution is 2.40. The molecular weight excluding hydrogens is 252 g/mol. The highest BCUT2D eigenvalue weighted by atomic mass is 16.4. The minimum Gasteiger partial charge on any atom is -0.481 e. The fourth-order valence-corrected chi connectivity index (χ4v) is 2.13. The van der Waals surface area contributed by atoms with Gasteiger partial charge in [-0.2, -0.15) is 0 Å². The molecule has 8 nitrogen and oxygen atoms in total. The van der Waals surface area contributed by atoms with Crippen LogP contribution in [-0.2, 0) is 18.9 Å². The van der Waals surface area contributed by atoms with Gasteiger partial charge < -0.3 is 10.4 Å². The van der Waals surface area contributed by atoms with Crippen molar-refractivity contribution in [1.29, 1.82) is 0 Å². The van der Waals surface area contributed by atoms with Gasteiger partial charge in [0.15, 0.2) is 0 Å². The van der Waals surface area contributed by atoms with Crippen LogP contribution in [0.2, 0.25) is 0 Å². The third-order valence-corrected chi connectivity index (χ3v) is 3.68. The van der Waals surface area contributed by atoms with Gasteiger partial charge >= 0.3 is 11.7 Å². The minimum atomic E-state index is -0.868. The first-order chi connectivity index (χ1) is 8.87. The second-order valence-corrected chi connectivity index (χ2v) is 4.91. The molecule has 0 unspecified atom stereocenters. The Morgan fingerprint density at radius 1 is 1.42 bits per heavy atom. The number of rotatable bonds is 4. The number of anilines is 1. The molecule has 8 heteroatoms. The summed E-state index contributed by atoms with van der Waals surface area (Å²) in [7, 11) is 2.79. The van der Waals surface area contributed by atoms with Crippen molar-refractivity contribution in [1.82, 2.24) is 14.3 Å². The van der Waals surface area contributed by atoms with Crippen LogP contribution in [0.4, 0.5) is 5.82 Å². The summed E-state index contributed by atoms with van der Waals surface area (Å²) >= 11 is 0. The lowest BCUT2D eigenvalue weighted by molar-refractivity contribution is -0.153. The molecule has 0 spiro atoms. The fourth-order valence-electron chi connectivity index (χ4n) is 2.13. The Labute approximate surface area is 108 Å². The second kappa shape index (κ2) is 4.52. The number of hydrogen-bond acceptors (Lipinski definition) is 5. The number of hydrogen-bond donors (Lipinski definition) is 2. The van der Waals surface area contributed by atoms with Gasteiger partial charge in [0.1, 0.15) is 0 Å². The number of nitrogens with one attached hydrogen (secondary N) is 1. The average Bonchev–Trinajstić information content (AvgIpc) is 2.30. The Bertz CT molecular complexity index is 627. The Balaban J connectivity index is 2.24. The molecule has 0 radical (unpaired) electrons. The van der Waals surface area contributed by atoms with Crippen LogP contribution in [0.5, 0.6) is 0 Å². The van der Waals surface area contributed by atoms with Crippen LogP contribution in [0.1, 0.15) is 19.3 Å². The van der Waals surface area contributed by atoms with Crippen molar-refractivity contribution in [3.8, 4) is 0 Å². The summed E-state index contributed by atoms with van der Waals surface area (Å²) in [6.45, 7) is 0.142. The molecule has 0 saturated heterocycles. The summed E-state index contributed by atoms with van der Waals surface area (Å²) in [6.07, 6.45) is 2.04. The maximum atomic E-state index is 11.8. The number of carboxylic acids is 1. The van der Waals surface area contributed by atoms with Gasteiger partial charge in [0.25, 0.3) is 5.56 Å². The molecule has 1 aromatic heterocycles. The Morgan fingerprint density at radius 2 is 2.05 bits per heavy atom. The van der Waals surface area contributed by atoms with Crippen LogP contribution in [0.25, 0.3) is 0 Å². The SMILES string of the molecule is Cn1nc(NCC2(C(=O)O)CCC2)c(=O)n(C)c1=O. The molecular formula is C11H16N4O4. The summed E-state index contributed by atoms with van der Waals surface area (Å²) in [4.78, 5) is 34.5. The molecule has 0 aromatic carbocycles. The van der Waals surface area contributed by atoms with Crippen LogP contribution in [-0.4, -0.2) is 32.0 Å². The van der Waals surface area contributed by atoms with Crippen molar-refractivity contribution >= 4 is 11.8 Å². The van der Waals surface area contributed by atoms with Crippen molar-refractivity contribution < 1.29 is 9.90 Å². The molecule has 1 heterocycles. The molecule has 2 rings (SSSR count). The van der Waals surface area contributed by atoms with E-state index >= 15 is 0 Å². The van der Waals surface area contributed by atoms with Crippen molar-refractivity contribution in [3.05, 3.63) is 20.8 Å². The molecule has 1 aliphatic carbocycles. The number of aromatic nitrogens is 3. The number of aliphatic carboxylic acids is 1. The third kappa shape index (κ3) is 2.13. The van der Waals surface area contributed by atoms with Gasteiger partial charge in [-0.25, -0.2) is 9.48 Å². The highest BCUT2D eigenvalue weighted by Gasteiger charge is 2.44. The summed E-state index contributed by atoms with van der Waals surface area (Å²) in [5.41, 5.74) is -1.89. The van der Waals surface area contributed by atoms with E-state index in [0.29, 0.717) is 12.8 Å². The van der Waals surface area contributed by atoms with Crippen LogP contribution in [0.3, 0.4) is 0 Å². The van der Waals surface area contributed by atoms with Gasteiger partial charge in [0, 0.05) is 20.6 Å². The van der Waals surface area contributed by atoms with E-state index < -0.39 is 22.6 Å². The molecule has 0 amide bonds. The topological polar surface area (TPSA) is 106 Å². The van der Waals surface area contributed by atoms with E-state index in [-0.39, 0.29) is 12.4 Å². The third-order valence-electron chi connectivity index (χ3n) is 3.68. The predicted octanol–water partition coefficient (Wildman–Crippen LogP) is -0.854. The van der Waals surface area contributed by atoms with Gasteiger partial charge in [-0.05, 0) is 12.8 Å². The van der Waals surface area contributed by atoms with E-state index in [1.165, 1.54) is 14.1 Å². The lowest BCUT2D eigenvalue weighted by Crippen LogP contribution is -2.46. The minimum absolute atomic E-state index is 0.00266. The van der Waals surface area contributed by atoms with E-state index in [9.17, 15) is 19.5 Å². The molecule has 0 bridgehead atoms. The summed E-state index contributed by atoms with van der Waals surface area (Å²) in [5, 5.41) is 15.8. The number of carbonyl (C=O) groups is 1. The van der Waals surface area contributed by atoms with Crippen molar-refractivity contribution in [2.75, 3.05) is 11.9 Å². The van der Waals surface area contributed by atoms with Crippen LogP contribution < -0.4 is 16.6 Å². The zero-order valence-electron chi connectivity index (χ0n) is 10.8. The Kier molecular flexibility index (Phi) is 3.17. The van der Waals surface area contributed by atoms with Gasteiger partial charge in [-0.3, -0.25) is 14.2 Å². The summed E-state index contributed by atoms with van der Waals surface area (Å²) in [6, 6.07) is 0. The summed E-state index contributed by atoms with van der Waals surface area (Å²) < 4.78 is 1.97. The fraction of sp³-hybridized carbons (Fsp3) is 0.636. The first kappa shape index (κ1) is 13.3. The summed E-state index contributed by atoms with van der Waals surface area (Å²) in [5.74, 6) is -0.870. The largest absolute Gasteiger partial charge is 0.481 e. The normalized spacial score (nSPS) is 16.7. The van der Waals surface area contributed by atoms with E-state index in [0.717, 1.165) is 15.7 Å². The maximum Gasteiger partial charge on any atom is 0.346 e. The van der Waals surface area contributed by atoms with Crippen LogP contribution in [0, 0.1) is 5.41 Å². The van der Waals surface area contributed by atoms with E-state index in [2.05, 4.69) is 10.4 Å². The molecule has 0 aliphatic heterocycles. The lowest BCUT2D eigenvalue weighted by atomic mass is 9.69. The zero-order chi connectivity index (χ0) is 14.2. The Hall–Kier alpha value is -2.12. The molecule has 1 aromatic rings. The number of carboxylic acid groups (broad SMARTS) is 1. The molecule has 0 atom stereocenters. The van der Waals surface area contributed by atoms with E-state index in [1.54, 1.807) is 0 Å². The standard InChI is InChI=1S/C11H16N4O4/c1-14-8(16)7(13-15(2)10(14)19)12-6-11(9(17)18)4-3-5-11/h3-6H2,1-2H3,(H,12,13)(H,17,18). The predicted molar refractivity (Wildman–Crippen MR) is 67.1 cm³/mol. The lowest BCUT2D eigenvalue weighted by Gasteiger charge is -2.37. The van der Waals surface area contributed by atoms with Crippen molar-refractivity contribution in [2.24, 2.45) is 19.5 Å². The first-order valence-corrected chi connectivity index (χ1v) is 5.99. The molecule has 2 N–H and O–H groups in total. The average molecular weight is 268 g/mol. The monoisotopic (exact) mass is 268 g/mol. The first-order valence-electron chi connectivity index (χ1n) is 5.99. The Morgan fingerprint density at radius 3 is 2.53 bits per heavy atom. The van der Waals surface area contributed by atoms with Gasteiger partial charge in [0.2, 0.25) is 5.82 Å². The molecule has 19 heavy (non-hydrogen) atoms. The molecule has 104 valence electrons. The molecule has 1 aliphatic rings. The van der Waals surface area contributed by atoms with Crippen LogP contribution >= 0.6 is 0 Å². The smallest absolute Gasteiger partial charge is 0.346 e. The number of nitrogens with zero attached hydrogens (tertiary/aromatic N) is 3. The van der Waals surface area contributed by atoms with Crippen LogP contribution in [0.15, 0.2) is 9.59 Å². The van der Waals surface area contributed by atoms with Crippen molar-refractivity contribution in [2.45, 2.75) is 19.3 Å².